The van der Waals surface area contributed by atoms with Gasteiger partial charge in [-0.05, 0) is 19.1 Å². The van der Waals surface area contributed by atoms with E-state index in [4.69, 9.17) is 0 Å². The van der Waals surface area contributed by atoms with Gasteiger partial charge in [0.2, 0.25) is 10.0 Å². The summed E-state index contributed by atoms with van der Waals surface area (Å²) in [4.78, 5) is 0.271. The Morgan fingerprint density at radius 2 is 2.00 bits per heavy atom. The predicted molar refractivity (Wildman–Crippen MR) is 68.4 cm³/mol. The molecule has 0 bridgehead atoms. The summed E-state index contributed by atoms with van der Waals surface area (Å²) in [5.74, 6) is 0. The minimum atomic E-state index is -3.44. The first-order valence-corrected chi connectivity index (χ1v) is 7.16. The molecule has 6 heteroatoms. The number of benzene rings is 1. The Kier molecular flexibility index (Phi) is 3.78. The Balaban J connectivity index is 2.06. The van der Waals surface area contributed by atoms with Crippen molar-refractivity contribution in [1.82, 2.24) is 14.5 Å². The fraction of sp³-hybridized carbons (Fsp3) is 0.250. The average molecular weight is 265 g/mol. The summed E-state index contributed by atoms with van der Waals surface area (Å²) in [5.41, 5.74) is 0.844. The van der Waals surface area contributed by atoms with Crippen LogP contribution in [-0.2, 0) is 23.1 Å². The molecule has 0 atom stereocenters. The number of rotatable bonds is 5. The van der Waals surface area contributed by atoms with Crippen molar-refractivity contribution in [3.63, 3.8) is 0 Å². The minimum Gasteiger partial charge on any atom is -0.273 e. The van der Waals surface area contributed by atoms with E-state index in [-0.39, 0.29) is 11.4 Å². The monoisotopic (exact) mass is 265 g/mol. The van der Waals surface area contributed by atoms with Crippen LogP contribution >= 0.6 is 0 Å². The van der Waals surface area contributed by atoms with Crippen molar-refractivity contribution >= 4 is 10.0 Å². The van der Waals surface area contributed by atoms with Crippen LogP contribution < -0.4 is 4.72 Å². The van der Waals surface area contributed by atoms with Gasteiger partial charge in [-0.2, -0.15) is 5.10 Å². The molecule has 0 unspecified atom stereocenters. The van der Waals surface area contributed by atoms with Crippen molar-refractivity contribution in [2.45, 2.75) is 24.9 Å². The lowest BCUT2D eigenvalue weighted by Crippen LogP contribution is -2.22. The molecule has 0 aliphatic carbocycles. The Labute approximate surface area is 107 Å². The van der Waals surface area contributed by atoms with Gasteiger partial charge in [-0.1, -0.05) is 18.2 Å². The van der Waals surface area contributed by atoms with Crippen LogP contribution in [0.15, 0.2) is 47.6 Å². The van der Waals surface area contributed by atoms with Gasteiger partial charge in [0, 0.05) is 24.8 Å². The third kappa shape index (κ3) is 2.96. The molecule has 2 aromatic rings. The molecule has 0 aliphatic heterocycles. The SMILES string of the molecule is CCn1cc(CNS(=O)(=O)c2ccccc2)cn1. The first-order chi connectivity index (χ1) is 8.62. The van der Waals surface area contributed by atoms with Crippen LogP contribution in [-0.4, -0.2) is 18.2 Å². The minimum absolute atomic E-state index is 0.247. The van der Waals surface area contributed by atoms with E-state index in [1.165, 1.54) is 0 Å². The number of hydrogen-bond acceptors (Lipinski definition) is 3. The number of nitrogens with one attached hydrogen (secondary N) is 1. The van der Waals surface area contributed by atoms with Crippen molar-refractivity contribution in [2.24, 2.45) is 0 Å². The normalized spacial score (nSPS) is 11.6. The maximum absolute atomic E-state index is 11.9. The van der Waals surface area contributed by atoms with E-state index in [0.29, 0.717) is 0 Å². The molecule has 5 nitrogen and oxygen atoms in total. The van der Waals surface area contributed by atoms with E-state index in [9.17, 15) is 8.42 Å². The summed E-state index contributed by atoms with van der Waals surface area (Å²) in [6.07, 6.45) is 3.49. The van der Waals surface area contributed by atoms with Crippen LogP contribution in [0.2, 0.25) is 0 Å². The fourth-order valence-corrected chi connectivity index (χ4v) is 2.57. The van der Waals surface area contributed by atoms with Crippen LogP contribution in [0.3, 0.4) is 0 Å². The Morgan fingerprint density at radius 3 is 2.61 bits per heavy atom. The Hall–Kier alpha value is -1.66. The van der Waals surface area contributed by atoms with Crippen LogP contribution in [0, 0.1) is 0 Å². The number of sulfonamides is 1. The van der Waals surface area contributed by atoms with E-state index in [1.807, 2.05) is 13.1 Å². The molecule has 0 aliphatic rings. The molecule has 0 spiro atoms. The predicted octanol–water partition coefficient (Wildman–Crippen LogP) is 1.38. The Bertz CT molecular complexity index is 605. The highest BCUT2D eigenvalue weighted by molar-refractivity contribution is 7.89. The lowest BCUT2D eigenvalue weighted by Gasteiger charge is -2.04. The van der Waals surface area contributed by atoms with Gasteiger partial charge in [0.1, 0.15) is 0 Å². The zero-order chi connectivity index (χ0) is 13.0. The molecular weight excluding hydrogens is 250 g/mol. The average Bonchev–Trinajstić information content (AvgIpc) is 2.86. The van der Waals surface area contributed by atoms with Crippen molar-refractivity contribution in [3.05, 3.63) is 48.3 Å². The van der Waals surface area contributed by atoms with E-state index in [1.54, 1.807) is 41.2 Å². The van der Waals surface area contributed by atoms with Gasteiger partial charge < -0.3 is 0 Å². The maximum Gasteiger partial charge on any atom is 0.240 e. The van der Waals surface area contributed by atoms with Crippen molar-refractivity contribution in [3.8, 4) is 0 Å². The largest absolute Gasteiger partial charge is 0.273 e. The number of aromatic nitrogens is 2. The van der Waals surface area contributed by atoms with Crippen molar-refractivity contribution < 1.29 is 8.42 Å². The molecule has 0 saturated heterocycles. The number of aryl methyl sites for hydroxylation is 1. The summed E-state index contributed by atoms with van der Waals surface area (Å²) in [7, 11) is -3.44. The summed E-state index contributed by atoms with van der Waals surface area (Å²) >= 11 is 0. The van der Waals surface area contributed by atoms with Gasteiger partial charge in [-0.15, -0.1) is 0 Å². The molecule has 0 saturated carbocycles. The Morgan fingerprint density at radius 1 is 1.28 bits per heavy atom. The van der Waals surface area contributed by atoms with E-state index >= 15 is 0 Å². The van der Waals surface area contributed by atoms with Crippen molar-refractivity contribution in [1.29, 1.82) is 0 Å². The van der Waals surface area contributed by atoms with E-state index < -0.39 is 10.0 Å². The van der Waals surface area contributed by atoms with Crippen LogP contribution in [0.25, 0.3) is 0 Å². The highest BCUT2D eigenvalue weighted by Crippen LogP contribution is 2.08. The van der Waals surface area contributed by atoms with Crippen LogP contribution in [0.4, 0.5) is 0 Å². The molecule has 1 aromatic carbocycles. The summed E-state index contributed by atoms with van der Waals surface area (Å²) in [5, 5.41) is 4.09. The van der Waals surface area contributed by atoms with Gasteiger partial charge in [0.25, 0.3) is 0 Å². The second kappa shape index (κ2) is 5.32. The summed E-state index contributed by atoms with van der Waals surface area (Å²) in [6, 6.07) is 8.31. The third-order valence-electron chi connectivity index (χ3n) is 2.53. The van der Waals surface area contributed by atoms with Crippen LogP contribution in [0.1, 0.15) is 12.5 Å². The molecule has 96 valence electrons. The topological polar surface area (TPSA) is 64.0 Å². The maximum atomic E-state index is 11.9. The molecule has 0 amide bonds. The highest BCUT2D eigenvalue weighted by atomic mass is 32.2. The zero-order valence-electron chi connectivity index (χ0n) is 10.1. The molecule has 2 rings (SSSR count). The highest BCUT2D eigenvalue weighted by Gasteiger charge is 2.12. The second-order valence-corrected chi connectivity index (χ2v) is 5.61. The molecular formula is C12H15N3O2S. The molecule has 18 heavy (non-hydrogen) atoms. The fourth-order valence-electron chi connectivity index (χ4n) is 1.53. The van der Waals surface area contributed by atoms with E-state index in [2.05, 4.69) is 9.82 Å². The lowest BCUT2D eigenvalue weighted by atomic mass is 10.4. The summed E-state index contributed by atoms with van der Waals surface area (Å²) in [6.45, 7) is 2.99. The number of nitrogens with zero attached hydrogens (tertiary/aromatic N) is 2. The third-order valence-corrected chi connectivity index (χ3v) is 3.95. The smallest absolute Gasteiger partial charge is 0.240 e. The zero-order valence-corrected chi connectivity index (χ0v) is 10.9. The van der Waals surface area contributed by atoms with Crippen LogP contribution in [0.5, 0.6) is 0 Å². The first kappa shape index (κ1) is 12.8. The first-order valence-electron chi connectivity index (χ1n) is 5.68. The molecule has 1 aromatic heterocycles. The second-order valence-electron chi connectivity index (χ2n) is 3.84. The van der Waals surface area contributed by atoms with Gasteiger partial charge in [0.15, 0.2) is 0 Å². The molecule has 0 fully saturated rings. The van der Waals surface area contributed by atoms with Gasteiger partial charge in [-0.25, -0.2) is 13.1 Å². The quantitative estimate of drug-likeness (QED) is 0.888. The van der Waals surface area contributed by atoms with Gasteiger partial charge in [-0.3, -0.25) is 4.68 Å². The summed E-state index contributed by atoms with van der Waals surface area (Å²) < 4.78 is 28.2. The van der Waals surface area contributed by atoms with Gasteiger partial charge >= 0.3 is 0 Å². The van der Waals surface area contributed by atoms with Gasteiger partial charge in [0.05, 0.1) is 11.1 Å². The molecule has 1 N–H and O–H groups in total. The molecule has 0 radical (unpaired) electrons. The molecule has 1 heterocycles. The van der Waals surface area contributed by atoms with Crippen molar-refractivity contribution in [2.75, 3.05) is 0 Å². The lowest BCUT2D eigenvalue weighted by molar-refractivity contribution is 0.581. The number of hydrogen-bond donors (Lipinski definition) is 1. The van der Waals surface area contributed by atoms with E-state index in [0.717, 1.165) is 12.1 Å². The standard InChI is InChI=1S/C12H15N3O2S/c1-2-15-10-11(8-13-15)9-14-18(16,17)12-6-4-3-5-7-12/h3-8,10,14H,2,9H2,1H3.